The Kier molecular flexibility index (Phi) is 27.0. The van der Waals surface area contributed by atoms with Crippen LogP contribution in [0.15, 0.2) is 0 Å². The lowest BCUT2D eigenvalue weighted by molar-refractivity contribution is -0.159. The van der Waals surface area contributed by atoms with E-state index < -0.39 is 0 Å². The van der Waals surface area contributed by atoms with Gasteiger partial charge >= 0.3 is 11.9 Å². The summed E-state index contributed by atoms with van der Waals surface area (Å²) in [6, 6.07) is 0. The lowest BCUT2D eigenvalue weighted by atomic mass is 10.0. The Morgan fingerprint density at radius 2 is 0.743 bits per heavy atom. The Hall–Kier alpha value is -0.860. The number of unbranched alkanes of at least 4 members (excludes halogenated alkanes) is 21. The summed E-state index contributed by atoms with van der Waals surface area (Å²) in [7, 11) is 0. The average molecular weight is 495 g/mol. The monoisotopic (exact) mass is 494 g/mol. The van der Waals surface area contributed by atoms with Crippen LogP contribution in [-0.4, -0.2) is 11.9 Å². The van der Waals surface area contributed by atoms with Crippen molar-refractivity contribution in [3.8, 4) is 0 Å². The maximum absolute atomic E-state index is 11.8. The third kappa shape index (κ3) is 29.3. The minimum Gasteiger partial charge on any atom is -0.393 e. The number of hydrogen-bond donors (Lipinski definition) is 0. The van der Waals surface area contributed by atoms with Gasteiger partial charge in [-0.3, -0.25) is 9.59 Å². The minimum atomic E-state index is -0.328. The summed E-state index contributed by atoms with van der Waals surface area (Å²) in [6.45, 7) is 6.88. The third-order valence-electron chi connectivity index (χ3n) is 7.12. The molecule has 35 heavy (non-hydrogen) atoms. The Morgan fingerprint density at radius 1 is 0.457 bits per heavy atom. The summed E-state index contributed by atoms with van der Waals surface area (Å²) in [5.74, 6) is 0.187. The SMILES string of the molecule is CCCCCCCCCCCCCCCC(=O)OC(=O)CCCCCCCCCCCCC(C)C. The van der Waals surface area contributed by atoms with Crippen LogP contribution in [0.1, 0.15) is 188 Å². The molecule has 0 unspecified atom stereocenters. The maximum atomic E-state index is 11.8. The topological polar surface area (TPSA) is 43.4 Å². The first-order valence-electron chi connectivity index (χ1n) is 15.8. The first-order chi connectivity index (χ1) is 17.1. The fraction of sp³-hybridized carbons (Fsp3) is 0.938. The molecule has 0 atom stereocenters. The maximum Gasteiger partial charge on any atom is 0.313 e. The van der Waals surface area contributed by atoms with Crippen molar-refractivity contribution in [1.82, 2.24) is 0 Å². The van der Waals surface area contributed by atoms with Gasteiger partial charge in [0.1, 0.15) is 0 Å². The van der Waals surface area contributed by atoms with Crippen molar-refractivity contribution >= 4 is 11.9 Å². The highest BCUT2D eigenvalue weighted by atomic mass is 16.6. The van der Waals surface area contributed by atoms with Crippen molar-refractivity contribution in [2.45, 2.75) is 188 Å². The first kappa shape index (κ1) is 34.1. The van der Waals surface area contributed by atoms with Crippen LogP contribution < -0.4 is 0 Å². The van der Waals surface area contributed by atoms with Crippen molar-refractivity contribution in [2.75, 3.05) is 0 Å². The summed E-state index contributed by atoms with van der Waals surface area (Å²) in [6.07, 6.45) is 31.4. The molecular weight excluding hydrogens is 432 g/mol. The fourth-order valence-electron chi connectivity index (χ4n) is 4.75. The molecule has 208 valence electrons. The van der Waals surface area contributed by atoms with Gasteiger partial charge in [-0.25, -0.2) is 0 Å². The Bertz CT molecular complexity index is 458. The van der Waals surface area contributed by atoms with Crippen LogP contribution in [0.5, 0.6) is 0 Å². The molecule has 0 fully saturated rings. The van der Waals surface area contributed by atoms with E-state index >= 15 is 0 Å². The summed E-state index contributed by atoms with van der Waals surface area (Å²) < 4.78 is 4.99. The van der Waals surface area contributed by atoms with E-state index in [4.69, 9.17) is 4.74 Å². The summed E-state index contributed by atoms with van der Waals surface area (Å²) in [5, 5.41) is 0. The molecule has 0 saturated carbocycles. The number of esters is 2. The van der Waals surface area contributed by atoms with Crippen molar-refractivity contribution in [2.24, 2.45) is 5.92 Å². The van der Waals surface area contributed by atoms with Gasteiger partial charge in [0.25, 0.3) is 0 Å². The van der Waals surface area contributed by atoms with Crippen molar-refractivity contribution in [3.63, 3.8) is 0 Å². The zero-order chi connectivity index (χ0) is 25.8. The highest BCUT2D eigenvalue weighted by molar-refractivity contribution is 5.85. The highest BCUT2D eigenvalue weighted by Crippen LogP contribution is 2.15. The smallest absolute Gasteiger partial charge is 0.313 e. The van der Waals surface area contributed by atoms with Crippen LogP contribution in [0.25, 0.3) is 0 Å². The van der Waals surface area contributed by atoms with E-state index in [0.717, 1.165) is 31.6 Å². The second-order valence-electron chi connectivity index (χ2n) is 11.3. The molecule has 0 aliphatic heterocycles. The van der Waals surface area contributed by atoms with Gasteiger partial charge < -0.3 is 4.74 Å². The Balaban J connectivity index is 3.30. The van der Waals surface area contributed by atoms with E-state index in [2.05, 4.69) is 20.8 Å². The van der Waals surface area contributed by atoms with E-state index in [9.17, 15) is 9.59 Å². The van der Waals surface area contributed by atoms with E-state index in [-0.39, 0.29) is 11.9 Å². The molecule has 0 bridgehead atoms. The largest absolute Gasteiger partial charge is 0.393 e. The number of ether oxygens (including phenoxy) is 1. The molecule has 3 nitrogen and oxygen atoms in total. The van der Waals surface area contributed by atoms with Gasteiger partial charge in [-0.2, -0.15) is 0 Å². The number of hydrogen-bond acceptors (Lipinski definition) is 3. The summed E-state index contributed by atoms with van der Waals surface area (Å²) >= 11 is 0. The zero-order valence-corrected chi connectivity index (χ0v) is 24.2. The van der Waals surface area contributed by atoms with E-state index in [0.29, 0.717) is 12.8 Å². The quantitative estimate of drug-likeness (QED) is 0.0647. The van der Waals surface area contributed by atoms with Crippen LogP contribution in [-0.2, 0) is 14.3 Å². The predicted octanol–water partition coefficient (Wildman–Crippen LogP) is 10.9. The van der Waals surface area contributed by atoms with Gasteiger partial charge in [-0.05, 0) is 18.8 Å². The molecule has 0 heterocycles. The van der Waals surface area contributed by atoms with Crippen LogP contribution in [0.3, 0.4) is 0 Å². The molecule has 0 aromatic heterocycles. The molecule has 0 aromatic rings. The summed E-state index contributed by atoms with van der Waals surface area (Å²) in [5.41, 5.74) is 0. The Morgan fingerprint density at radius 3 is 1.06 bits per heavy atom. The normalized spacial score (nSPS) is 11.3. The average Bonchev–Trinajstić information content (AvgIpc) is 2.82. The van der Waals surface area contributed by atoms with Gasteiger partial charge in [0, 0.05) is 12.8 Å². The zero-order valence-electron chi connectivity index (χ0n) is 24.2. The molecule has 0 radical (unpaired) electrons. The van der Waals surface area contributed by atoms with Gasteiger partial charge in [0.15, 0.2) is 0 Å². The molecule has 0 amide bonds. The molecule has 0 saturated heterocycles. The molecule has 3 heteroatoms. The molecule has 0 rings (SSSR count). The second kappa shape index (κ2) is 27.7. The molecule has 0 aliphatic rings. The number of carbonyl (C=O) groups excluding carboxylic acids is 2. The van der Waals surface area contributed by atoms with Crippen LogP contribution in [0.2, 0.25) is 0 Å². The highest BCUT2D eigenvalue weighted by Gasteiger charge is 2.09. The van der Waals surface area contributed by atoms with Gasteiger partial charge in [-0.15, -0.1) is 0 Å². The van der Waals surface area contributed by atoms with E-state index in [1.807, 2.05) is 0 Å². The van der Waals surface area contributed by atoms with Crippen LogP contribution in [0, 0.1) is 5.92 Å². The Labute approximate surface area is 219 Å². The molecule has 0 spiro atoms. The van der Waals surface area contributed by atoms with Crippen molar-refractivity contribution < 1.29 is 14.3 Å². The second-order valence-corrected chi connectivity index (χ2v) is 11.3. The van der Waals surface area contributed by atoms with E-state index in [1.54, 1.807) is 0 Å². The standard InChI is InChI=1S/C32H62O3/c1-4-5-6-7-8-9-10-11-12-16-19-22-25-28-31(33)35-32(34)29-26-23-20-17-14-13-15-18-21-24-27-30(2)3/h30H,4-29H2,1-3H3. The number of carbonyl (C=O) groups is 2. The van der Waals surface area contributed by atoms with Crippen molar-refractivity contribution in [1.29, 1.82) is 0 Å². The van der Waals surface area contributed by atoms with Crippen molar-refractivity contribution in [3.05, 3.63) is 0 Å². The lowest BCUT2D eigenvalue weighted by Gasteiger charge is -2.05. The van der Waals surface area contributed by atoms with Gasteiger partial charge in [-0.1, -0.05) is 162 Å². The molecular formula is C32H62O3. The molecule has 0 N–H and O–H groups in total. The number of rotatable bonds is 27. The third-order valence-corrected chi connectivity index (χ3v) is 7.12. The first-order valence-corrected chi connectivity index (χ1v) is 15.8. The summed E-state index contributed by atoms with van der Waals surface area (Å²) in [4.78, 5) is 23.7. The van der Waals surface area contributed by atoms with Gasteiger partial charge in [0.2, 0.25) is 0 Å². The lowest BCUT2D eigenvalue weighted by Crippen LogP contribution is -2.11. The van der Waals surface area contributed by atoms with Crippen LogP contribution in [0.4, 0.5) is 0 Å². The predicted molar refractivity (Wildman–Crippen MR) is 152 cm³/mol. The van der Waals surface area contributed by atoms with Gasteiger partial charge in [0.05, 0.1) is 0 Å². The minimum absolute atomic E-state index is 0.327. The molecule has 0 aliphatic carbocycles. The molecule has 0 aromatic carbocycles. The van der Waals surface area contributed by atoms with E-state index in [1.165, 1.54) is 128 Å². The van der Waals surface area contributed by atoms with Crippen LogP contribution >= 0.6 is 0 Å². The fourth-order valence-corrected chi connectivity index (χ4v) is 4.75.